The van der Waals surface area contributed by atoms with Crippen molar-refractivity contribution in [1.29, 1.82) is 0 Å². The topological polar surface area (TPSA) is 87.6 Å². The first-order chi connectivity index (χ1) is 13.9. The second-order valence-corrected chi connectivity index (χ2v) is 10.1. The van der Waals surface area contributed by atoms with Gasteiger partial charge in [-0.15, -0.1) is 0 Å². The van der Waals surface area contributed by atoms with Gasteiger partial charge in [0.1, 0.15) is 4.90 Å². The Morgan fingerprint density at radius 3 is 2.83 bits per heavy atom. The molecular weight excluding hydrogens is 430 g/mol. The molecule has 29 heavy (non-hydrogen) atoms. The number of aliphatic imine (C=N–C) groups is 1. The summed E-state index contributed by atoms with van der Waals surface area (Å²) in [5, 5.41) is 3.33. The Kier molecular flexibility index (Phi) is 5.96. The Morgan fingerprint density at radius 1 is 1.21 bits per heavy atom. The number of aryl methyl sites for hydroxylation is 1. The number of amides is 1. The summed E-state index contributed by atoms with van der Waals surface area (Å²) in [5.41, 5.74) is 2.36. The van der Waals surface area contributed by atoms with E-state index in [0.717, 1.165) is 29.7 Å². The van der Waals surface area contributed by atoms with Crippen molar-refractivity contribution in [3.05, 3.63) is 64.2 Å². The van der Waals surface area contributed by atoms with Crippen molar-refractivity contribution < 1.29 is 13.2 Å². The van der Waals surface area contributed by atoms with Crippen LogP contribution in [0.15, 0.2) is 52.4 Å². The molecule has 9 heteroatoms. The summed E-state index contributed by atoms with van der Waals surface area (Å²) in [4.78, 5) is 16.6. The molecule has 1 aliphatic heterocycles. The zero-order valence-electron chi connectivity index (χ0n) is 15.5. The highest BCUT2D eigenvalue weighted by molar-refractivity contribution is 8.14. The molecule has 152 valence electrons. The SMILES string of the molecule is O=C(NC1=NCCS1)c1ccc(Cl)c(S(=O)(=O)N[C@@H]2CCCc3ccccc32)c1. The highest BCUT2D eigenvalue weighted by Gasteiger charge is 2.28. The molecule has 0 radical (unpaired) electrons. The van der Waals surface area contributed by atoms with E-state index in [2.05, 4.69) is 15.0 Å². The largest absolute Gasteiger partial charge is 0.301 e. The van der Waals surface area contributed by atoms with Crippen LogP contribution in [0.1, 0.15) is 40.4 Å². The number of fused-ring (bicyclic) bond motifs is 1. The molecule has 0 spiro atoms. The number of hydrogen-bond donors (Lipinski definition) is 2. The first kappa shape index (κ1) is 20.4. The summed E-state index contributed by atoms with van der Waals surface area (Å²) in [5.74, 6) is 0.414. The van der Waals surface area contributed by atoms with E-state index in [0.29, 0.717) is 18.1 Å². The van der Waals surface area contributed by atoms with Crippen molar-refractivity contribution in [2.24, 2.45) is 4.99 Å². The quantitative estimate of drug-likeness (QED) is 0.747. The van der Waals surface area contributed by atoms with Crippen molar-refractivity contribution >= 4 is 44.5 Å². The number of amidine groups is 1. The highest BCUT2D eigenvalue weighted by atomic mass is 35.5. The van der Waals surface area contributed by atoms with E-state index in [1.54, 1.807) is 0 Å². The van der Waals surface area contributed by atoms with Crippen molar-refractivity contribution in [2.75, 3.05) is 12.3 Å². The second kappa shape index (κ2) is 8.47. The van der Waals surface area contributed by atoms with Crippen molar-refractivity contribution in [1.82, 2.24) is 10.0 Å². The fourth-order valence-electron chi connectivity index (χ4n) is 3.56. The third kappa shape index (κ3) is 4.50. The smallest absolute Gasteiger partial charge is 0.257 e. The fraction of sp³-hybridized carbons (Fsp3) is 0.300. The van der Waals surface area contributed by atoms with Crippen LogP contribution in [0.4, 0.5) is 0 Å². The van der Waals surface area contributed by atoms with Crippen LogP contribution in [0.25, 0.3) is 0 Å². The number of halogens is 1. The van der Waals surface area contributed by atoms with Crippen LogP contribution < -0.4 is 10.0 Å². The molecule has 0 aromatic heterocycles. The summed E-state index contributed by atoms with van der Waals surface area (Å²) in [7, 11) is -3.91. The molecule has 4 rings (SSSR count). The van der Waals surface area contributed by atoms with Crippen molar-refractivity contribution in [3.8, 4) is 0 Å². The van der Waals surface area contributed by atoms with Gasteiger partial charge in [0, 0.05) is 17.4 Å². The minimum absolute atomic E-state index is 0.0747. The Labute approximate surface area is 179 Å². The van der Waals surface area contributed by atoms with Gasteiger partial charge in [0.25, 0.3) is 5.91 Å². The van der Waals surface area contributed by atoms with E-state index in [-0.39, 0.29) is 21.5 Å². The van der Waals surface area contributed by atoms with Crippen molar-refractivity contribution in [2.45, 2.75) is 30.2 Å². The van der Waals surface area contributed by atoms with Crippen LogP contribution in [0, 0.1) is 0 Å². The van der Waals surface area contributed by atoms with E-state index in [4.69, 9.17) is 11.6 Å². The molecule has 0 unspecified atom stereocenters. The van der Waals surface area contributed by atoms with Crippen LogP contribution in [0.2, 0.25) is 5.02 Å². The number of rotatable bonds is 4. The number of carbonyl (C=O) groups excluding carboxylic acids is 1. The Hall–Kier alpha value is -1.87. The molecule has 2 aromatic rings. The van der Waals surface area contributed by atoms with Crippen LogP contribution in [0.5, 0.6) is 0 Å². The van der Waals surface area contributed by atoms with Gasteiger partial charge in [0.2, 0.25) is 10.0 Å². The third-order valence-corrected chi connectivity index (χ3v) is 7.80. The maximum atomic E-state index is 13.1. The number of nitrogens with one attached hydrogen (secondary N) is 2. The number of nitrogens with zero attached hydrogens (tertiary/aromatic N) is 1. The van der Waals surface area contributed by atoms with Crippen LogP contribution >= 0.6 is 23.4 Å². The van der Waals surface area contributed by atoms with Gasteiger partial charge in [0.15, 0.2) is 5.17 Å². The Bertz CT molecular complexity index is 1090. The van der Waals surface area contributed by atoms with Crippen LogP contribution in [0.3, 0.4) is 0 Å². The Balaban J connectivity index is 1.59. The van der Waals surface area contributed by atoms with Gasteiger partial charge in [0.05, 0.1) is 11.6 Å². The molecule has 2 aromatic carbocycles. The number of hydrogen-bond acceptors (Lipinski definition) is 5. The lowest BCUT2D eigenvalue weighted by molar-refractivity contribution is 0.0978. The van der Waals surface area contributed by atoms with E-state index in [9.17, 15) is 13.2 Å². The molecule has 2 aliphatic rings. The van der Waals surface area contributed by atoms with Crippen LogP contribution in [-0.4, -0.2) is 31.8 Å². The molecule has 6 nitrogen and oxygen atoms in total. The van der Waals surface area contributed by atoms with Gasteiger partial charge in [-0.25, -0.2) is 13.1 Å². The predicted molar refractivity (Wildman–Crippen MR) is 116 cm³/mol. The molecular formula is C20H20ClN3O3S2. The number of thioether (sulfide) groups is 1. The van der Waals surface area contributed by atoms with Gasteiger partial charge in [-0.05, 0) is 48.6 Å². The van der Waals surface area contributed by atoms with E-state index in [1.165, 1.54) is 30.0 Å². The molecule has 0 fully saturated rings. The normalized spacial score (nSPS) is 18.8. The monoisotopic (exact) mass is 449 g/mol. The maximum absolute atomic E-state index is 13.1. The summed E-state index contributed by atoms with van der Waals surface area (Å²) < 4.78 is 29.0. The number of carbonyl (C=O) groups is 1. The summed E-state index contributed by atoms with van der Waals surface area (Å²) in [6, 6.07) is 11.8. The zero-order valence-corrected chi connectivity index (χ0v) is 17.9. The zero-order chi connectivity index (χ0) is 20.4. The Morgan fingerprint density at radius 2 is 2.03 bits per heavy atom. The molecule has 1 aliphatic carbocycles. The lowest BCUT2D eigenvalue weighted by atomic mass is 9.88. The number of sulfonamides is 1. The van der Waals surface area contributed by atoms with Crippen LogP contribution in [-0.2, 0) is 16.4 Å². The summed E-state index contributed by atoms with van der Waals surface area (Å²) in [6.07, 6.45) is 2.55. The van der Waals surface area contributed by atoms with E-state index >= 15 is 0 Å². The average molecular weight is 450 g/mol. The predicted octanol–water partition coefficient (Wildman–Crippen LogP) is 3.53. The minimum atomic E-state index is -3.91. The molecule has 0 bridgehead atoms. The highest BCUT2D eigenvalue weighted by Crippen LogP contribution is 2.32. The summed E-state index contributed by atoms with van der Waals surface area (Å²) >= 11 is 7.65. The van der Waals surface area contributed by atoms with E-state index < -0.39 is 15.9 Å². The third-order valence-electron chi connectivity index (χ3n) is 4.96. The lowest BCUT2D eigenvalue weighted by Crippen LogP contribution is -2.32. The summed E-state index contributed by atoms with van der Waals surface area (Å²) in [6.45, 7) is 0.660. The first-order valence-electron chi connectivity index (χ1n) is 9.32. The second-order valence-electron chi connectivity index (χ2n) is 6.90. The molecule has 2 N–H and O–H groups in total. The van der Waals surface area contributed by atoms with Gasteiger partial charge in [-0.2, -0.15) is 0 Å². The molecule has 1 heterocycles. The van der Waals surface area contributed by atoms with Gasteiger partial charge in [-0.3, -0.25) is 9.79 Å². The first-order valence-corrected chi connectivity index (χ1v) is 12.2. The maximum Gasteiger partial charge on any atom is 0.257 e. The van der Waals surface area contributed by atoms with E-state index in [1.807, 2.05) is 24.3 Å². The van der Waals surface area contributed by atoms with Crippen molar-refractivity contribution in [3.63, 3.8) is 0 Å². The molecule has 0 saturated heterocycles. The molecule has 1 atom stereocenters. The number of benzene rings is 2. The average Bonchev–Trinajstić information content (AvgIpc) is 3.21. The minimum Gasteiger partial charge on any atom is -0.301 e. The van der Waals surface area contributed by atoms with Gasteiger partial charge >= 0.3 is 0 Å². The lowest BCUT2D eigenvalue weighted by Gasteiger charge is -2.26. The van der Waals surface area contributed by atoms with Gasteiger partial charge < -0.3 is 5.32 Å². The van der Waals surface area contributed by atoms with Gasteiger partial charge in [-0.1, -0.05) is 47.6 Å². The molecule has 1 amide bonds. The fourth-order valence-corrected chi connectivity index (χ4v) is 6.06. The molecule has 0 saturated carbocycles. The standard InChI is InChI=1S/C20H20ClN3O3S2/c21-16-9-8-14(19(25)23-20-22-10-11-28-20)12-18(16)29(26,27)24-17-7-3-5-13-4-1-2-6-15(13)17/h1-2,4,6,8-9,12,17,24H,3,5,7,10-11H2,(H,22,23,25)/t17-/m1/s1.